The molecule has 2 aromatic carbocycles. The van der Waals surface area contributed by atoms with Crippen LogP contribution in [0.5, 0.6) is 0 Å². The van der Waals surface area contributed by atoms with E-state index in [1.54, 1.807) is 0 Å². The number of aliphatic imine (C=N–C) groups is 1. The van der Waals surface area contributed by atoms with Gasteiger partial charge in [-0.05, 0) is 41.7 Å². The third-order valence-corrected chi connectivity index (χ3v) is 3.31. The molecule has 0 fully saturated rings. The minimum absolute atomic E-state index is 0.0680. The molecule has 0 saturated heterocycles. The van der Waals surface area contributed by atoms with Gasteiger partial charge in [-0.25, -0.2) is 4.99 Å². The smallest absolute Gasteiger partial charge is 0.191 e. The fourth-order valence-corrected chi connectivity index (χ4v) is 2.22. The molecule has 0 bridgehead atoms. The molecule has 0 amide bonds. The number of amidine groups is 1. The Morgan fingerprint density at radius 1 is 0.773 bits per heavy atom. The molecule has 114 valence electrons. The van der Waals surface area contributed by atoms with Gasteiger partial charge in [-0.3, -0.25) is 5.41 Å². The second-order valence-electron chi connectivity index (χ2n) is 5.22. The van der Waals surface area contributed by atoms with Gasteiger partial charge in [0.15, 0.2) is 5.96 Å². The van der Waals surface area contributed by atoms with Gasteiger partial charge in [0.2, 0.25) is 0 Å². The van der Waals surface area contributed by atoms with E-state index < -0.39 is 0 Å². The first-order valence-corrected chi connectivity index (χ1v) is 7.12. The number of nitrogens with two attached hydrogens (primary N) is 3. The Balaban J connectivity index is 1.92. The van der Waals surface area contributed by atoms with Gasteiger partial charge in [0.05, 0.1) is 11.5 Å². The van der Waals surface area contributed by atoms with Crippen molar-refractivity contribution in [3.05, 3.63) is 65.2 Å². The van der Waals surface area contributed by atoms with Gasteiger partial charge in [0, 0.05) is 6.42 Å². The molecule has 0 aliphatic rings. The van der Waals surface area contributed by atoms with Crippen LogP contribution in [0.1, 0.15) is 16.7 Å². The highest BCUT2D eigenvalue weighted by Gasteiger charge is 1.99. The summed E-state index contributed by atoms with van der Waals surface area (Å²) in [6, 6.07) is 16.1. The molecule has 2 aromatic rings. The molecule has 0 saturated carbocycles. The zero-order valence-electron chi connectivity index (χ0n) is 12.4. The van der Waals surface area contributed by atoms with Gasteiger partial charge in [-0.1, -0.05) is 36.4 Å². The molecular weight excluding hydrogens is 274 g/mol. The van der Waals surface area contributed by atoms with Crippen LogP contribution in [0.3, 0.4) is 0 Å². The van der Waals surface area contributed by atoms with E-state index in [4.69, 9.17) is 22.6 Å². The number of guanidine groups is 1. The number of nitrogens with zero attached hydrogens (tertiary/aromatic N) is 1. The van der Waals surface area contributed by atoms with Crippen molar-refractivity contribution in [2.75, 3.05) is 0 Å². The third-order valence-electron chi connectivity index (χ3n) is 3.31. The minimum atomic E-state index is 0.0680. The molecule has 0 aliphatic carbocycles. The number of hydrogen-bond acceptors (Lipinski definition) is 2. The van der Waals surface area contributed by atoms with E-state index in [1.807, 2.05) is 36.4 Å². The molecule has 0 radical (unpaired) electrons. The molecule has 0 atom stereocenters. The summed E-state index contributed by atoms with van der Waals surface area (Å²) in [7, 11) is 0. The van der Waals surface area contributed by atoms with E-state index in [0.29, 0.717) is 6.42 Å². The molecule has 7 N–H and O–H groups in total. The molecule has 5 nitrogen and oxygen atoms in total. The number of aryl methyl sites for hydroxylation is 2. The van der Waals surface area contributed by atoms with Crippen LogP contribution in [-0.2, 0) is 19.3 Å². The Morgan fingerprint density at radius 2 is 1.23 bits per heavy atom. The van der Waals surface area contributed by atoms with Crippen molar-refractivity contribution in [3.63, 3.8) is 0 Å². The molecule has 5 heteroatoms. The largest absolute Gasteiger partial charge is 0.387 e. The summed E-state index contributed by atoms with van der Waals surface area (Å²) < 4.78 is 0. The first kappa shape index (κ1) is 15.6. The lowest BCUT2D eigenvalue weighted by atomic mass is 10.0. The van der Waals surface area contributed by atoms with E-state index in [-0.39, 0.29) is 11.8 Å². The van der Waals surface area contributed by atoms with Gasteiger partial charge in [0.1, 0.15) is 0 Å². The maximum absolute atomic E-state index is 7.29. The summed E-state index contributed by atoms with van der Waals surface area (Å²) in [6.07, 6.45) is 2.42. The van der Waals surface area contributed by atoms with E-state index in [1.165, 1.54) is 11.1 Å². The summed E-state index contributed by atoms with van der Waals surface area (Å²) in [4.78, 5) is 4.00. The zero-order chi connectivity index (χ0) is 15.9. The lowest BCUT2D eigenvalue weighted by molar-refractivity contribution is 0.958. The molecule has 0 unspecified atom stereocenters. The lowest BCUT2D eigenvalue weighted by Gasteiger charge is -2.05. The number of rotatable bonds is 6. The molecule has 0 heterocycles. The summed E-state index contributed by atoms with van der Waals surface area (Å²) in [5, 5.41) is 7.29. The SMILES string of the molecule is N=C(N)Cc1ccc(CCc2ccc(N=C(N)N)cc2)cc1. The first-order valence-electron chi connectivity index (χ1n) is 7.12. The highest BCUT2D eigenvalue weighted by Crippen LogP contribution is 2.15. The number of benzene rings is 2. The molecule has 0 aliphatic heterocycles. The Hall–Kier alpha value is -2.82. The minimum Gasteiger partial charge on any atom is -0.387 e. The normalized spacial score (nSPS) is 10.2. The van der Waals surface area contributed by atoms with E-state index in [9.17, 15) is 0 Å². The predicted octanol–water partition coefficient (Wildman–Crippen LogP) is 1.86. The van der Waals surface area contributed by atoms with Crippen molar-refractivity contribution in [3.8, 4) is 0 Å². The maximum Gasteiger partial charge on any atom is 0.191 e. The van der Waals surface area contributed by atoms with Crippen LogP contribution in [0, 0.1) is 5.41 Å². The monoisotopic (exact) mass is 295 g/mol. The van der Waals surface area contributed by atoms with Crippen molar-refractivity contribution in [1.29, 1.82) is 5.41 Å². The Kier molecular flexibility index (Phi) is 5.14. The zero-order valence-corrected chi connectivity index (χ0v) is 12.4. The van der Waals surface area contributed by atoms with Crippen molar-refractivity contribution >= 4 is 17.5 Å². The van der Waals surface area contributed by atoms with Gasteiger partial charge < -0.3 is 17.2 Å². The quantitative estimate of drug-likeness (QED) is 0.481. The van der Waals surface area contributed by atoms with Gasteiger partial charge >= 0.3 is 0 Å². The molecule has 0 aromatic heterocycles. The highest BCUT2D eigenvalue weighted by molar-refractivity contribution is 5.79. The van der Waals surface area contributed by atoms with Gasteiger partial charge in [0.25, 0.3) is 0 Å². The second kappa shape index (κ2) is 7.26. The Morgan fingerprint density at radius 3 is 1.68 bits per heavy atom. The Bertz CT molecular complexity index is 652. The van der Waals surface area contributed by atoms with Crippen LogP contribution < -0.4 is 17.2 Å². The summed E-state index contributed by atoms with van der Waals surface area (Å²) in [5.41, 5.74) is 20.4. The van der Waals surface area contributed by atoms with Crippen molar-refractivity contribution in [2.24, 2.45) is 22.2 Å². The maximum atomic E-state index is 7.29. The standard InChI is InChI=1S/C17H21N5/c18-16(19)11-14-5-3-12(4-6-14)1-2-13-7-9-15(10-8-13)22-17(20)21/h3-10H,1-2,11H2,(H3,18,19)(H4,20,21,22). The van der Waals surface area contributed by atoms with E-state index in [0.717, 1.165) is 24.1 Å². The Labute approximate surface area is 130 Å². The average Bonchev–Trinajstić information content (AvgIpc) is 2.47. The van der Waals surface area contributed by atoms with E-state index >= 15 is 0 Å². The molecule has 2 rings (SSSR count). The first-order chi connectivity index (χ1) is 10.5. The summed E-state index contributed by atoms with van der Waals surface area (Å²) >= 11 is 0. The van der Waals surface area contributed by atoms with Crippen LogP contribution in [0.4, 0.5) is 5.69 Å². The third kappa shape index (κ3) is 4.94. The fraction of sp³-hybridized carbons (Fsp3) is 0.176. The van der Waals surface area contributed by atoms with Crippen LogP contribution >= 0.6 is 0 Å². The van der Waals surface area contributed by atoms with Crippen LogP contribution in [-0.4, -0.2) is 11.8 Å². The predicted molar refractivity (Wildman–Crippen MR) is 91.4 cm³/mol. The number of nitrogens with one attached hydrogen (secondary N) is 1. The van der Waals surface area contributed by atoms with E-state index in [2.05, 4.69) is 17.1 Å². The summed E-state index contributed by atoms with van der Waals surface area (Å²) in [5.74, 6) is 0.256. The second-order valence-corrected chi connectivity index (χ2v) is 5.22. The van der Waals surface area contributed by atoms with Crippen molar-refractivity contribution < 1.29 is 0 Å². The fourth-order valence-electron chi connectivity index (χ4n) is 2.22. The van der Waals surface area contributed by atoms with Gasteiger partial charge in [-0.15, -0.1) is 0 Å². The topological polar surface area (TPSA) is 114 Å². The molecule has 0 spiro atoms. The highest BCUT2D eigenvalue weighted by atomic mass is 15.0. The average molecular weight is 295 g/mol. The number of hydrogen-bond donors (Lipinski definition) is 4. The van der Waals surface area contributed by atoms with Gasteiger partial charge in [-0.2, -0.15) is 0 Å². The lowest BCUT2D eigenvalue weighted by Crippen LogP contribution is -2.21. The van der Waals surface area contributed by atoms with Crippen LogP contribution in [0.2, 0.25) is 0 Å². The van der Waals surface area contributed by atoms with Crippen molar-refractivity contribution in [2.45, 2.75) is 19.3 Å². The van der Waals surface area contributed by atoms with Crippen LogP contribution in [0.25, 0.3) is 0 Å². The molecular formula is C17H21N5. The summed E-state index contributed by atoms with van der Waals surface area (Å²) in [6.45, 7) is 0. The van der Waals surface area contributed by atoms with Crippen molar-refractivity contribution in [1.82, 2.24) is 0 Å². The molecule has 22 heavy (non-hydrogen) atoms. The van der Waals surface area contributed by atoms with Crippen LogP contribution in [0.15, 0.2) is 53.5 Å².